The SMILES string of the molecule is CNCC1CCCN1C(C)c1ccc(Br)s1. The lowest BCUT2D eigenvalue weighted by molar-refractivity contribution is 0.193. The summed E-state index contributed by atoms with van der Waals surface area (Å²) in [4.78, 5) is 4.10. The van der Waals surface area contributed by atoms with E-state index in [1.54, 1.807) is 0 Å². The first-order chi connectivity index (χ1) is 7.72. The number of nitrogens with one attached hydrogen (secondary N) is 1. The third-order valence-electron chi connectivity index (χ3n) is 3.37. The maximum atomic E-state index is 3.54. The molecular weight excluding hydrogens is 284 g/mol. The Hall–Kier alpha value is 0.1000. The molecule has 0 amide bonds. The smallest absolute Gasteiger partial charge is 0.0701 e. The Bertz CT molecular complexity index is 340. The highest BCUT2D eigenvalue weighted by Gasteiger charge is 2.29. The van der Waals surface area contributed by atoms with Crippen LogP contribution >= 0.6 is 27.3 Å². The molecule has 0 aliphatic carbocycles. The average Bonchev–Trinajstić information content (AvgIpc) is 2.87. The monoisotopic (exact) mass is 302 g/mol. The van der Waals surface area contributed by atoms with Gasteiger partial charge in [0.1, 0.15) is 0 Å². The molecule has 0 spiro atoms. The number of hydrogen-bond donors (Lipinski definition) is 1. The van der Waals surface area contributed by atoms with Crippen molar-refractivity contribution in [2.45, 2.75) is 31.8 Å². The van der Waals surface area contributed by atoms with Crippen molar-refractivity contribution in [3.05, 3.63) is 20.8 Å². The third kappa shape index (κ3) is 2.67. The molecule has 1 saturated heterocycles. The fraction of sp³-hybridized carbons (Fsp3) is 0.667. The van der Waals surface area contributed by atoms with Crippen molar-refractivity contribution in [3.63, 3.8) is 0 Å². The van der Waals surface area contributed by atoms with Gasteiger partial charge in [-0.25, -0.2) is 0 Å². The largest absolute Gasteiger partial charge is 0.318 e. The molecule has 2 rings (SSSR count). The summed E-state index contributed by atoms with van der Waals surface area (Å²) in [6.45, 7) is 4.67. The number of nitrogens with zero attached hydrogens (tertiary/aromatic N) is 1. The molecule has 1 aliphatic rings. The van der Waals surface area contributed by atoms with Gasteiger partial charge in [-0.15, -0.1) is 11.3 Å². The molecule has 90 valence electrons. The van der Waals surface area contributed by atoms with Gasteiger partial charge >= 0.3 is 0 Å². The van der Waals surface area contributed by atoms with Crippen LogP contribution in [0.4, 0.5) is 0 Å². The van der Waals surface area contributed by atoms with Crippen molar-refractivity contribution in [1.82, 2.24) is 10.2 Å². The Labute approximate surface area is 110 Å². The number of likely N-dealkylation sites (N-methyl/N-ethyl adjacent to an activating group) is 1. The molecule has 1 aromatic rings. The molecule has 1 N–H and O–H groups in total. The summed E-state index contributed by atoms with van der Waals surface area (Å²) in [5.74, 6) is 0. The fourth-order valence-electron chi connectivity index (χ4n) is 2.54. The molecule has 2 unspecified atom stereocenters. The quantitative estimate of drug-likeness (QED) is 0.918. The number of rotatable bonds is 4. The molecule has 1 aliphatic heterocycles. The number of hydrogen-bond acceptors (Lipinski definition) is 3. The summed E-state index contributed by atoms with van der Waals surface area (Å²) in [5, 5.41) is 3.30. The zero-order valence-electron chi connectivity index (χ0n) is 9.87. The van der Waals surface area contributed by atoms with Gasteiger partial charge in [0, 0.05) is 23.5 Å². The van der Waals surface area contributed by atoms with Crippen molar-refractivity contribution in [1.29, 1.82) is 0 Å². The highest BCUT2D eigenvalue weighted by atomic mass is 79.9. The Morgan fingerprint density at radius 1 is 1.62 bits per heavy atom. The van der Waals surface area contributed by atoms with Gasteiger partial charge in [0.05, 0.1) is 3.79 Å². The van der Waals surface area contributed by atoms with E-state index in [4.69, 9.17) is 0 Å². The number of halogens is 1. The standard InChI is InChI=1S/C12H19BrN2S/c1-9(11-5-6-12(13)16-11)15-7-3-4-10(15)8-14-2/h5-6,9-10,14H,3-4,7-8H2,1-2H3. The van der Waals surface area contributed by atoms with Crippen LogP contribution < -0.4 is 5.32 Å². The molecular formula is C12H19BrN2S. The number of thiophene rings is 1. The van der Waals surface area contributed by atoms with E-state index in [0.717, 1.165) is 6.54 Å². The van der Waals surface area contributed by atoms with Crippen LogP contribution in [0.15, 0.2) is 15.9 Å². The maximum Gasteiger partial charge on any atom is 0.0701 e. The van der Waals surface area contributed by atoms with Crippen molar-refractivity contribution < 1.29 is 0 Å². The van der Waals surface area contributed by atoms with E-state index in [-0.39, 0.29) is 0 Å². The molecule has 4 heteroatoms. The van der Waals surface area contributed by atoms with E-state index in [0.29, 0.717) is 12.1 Å². The predicted molar refractivity (Wildman–Crippen MR) is 74.1 cm³/mol. The van der Waals surface area contributed by atoms with Gasteiger partial charge in [-0.3, -0.25) is 4.90 Å². The van der Waals surface area contributed by atoms with E-state index < -0.39 is 0 Å². The Balaban J connectivity index is 2.05. The minimum absolute atomic E-state index is 0.553. The zero-order valence-corrected chi connectivity index (χ0v) is 12.3. The van der Waals surface area contributed by atoms with Crippen LogP contribution in [0.1, 0.15) is 30.7 Å². The van der Waals surface area contributed by atoms with Crippen LogP contribution in [0.5, 0.6) is 0 Å². The summed E-state index contributed by atoms with van der Waals surface area (Å²) >= 11 is 5.40. The van der Waals surface area contributed by atoms with Crippen molar-refractivity contribution in [2.24, 2.45) is 0 Å². The third-order valence-corrected chi connectivity index (χ3v) is 5.16. The second kappa shape index (κ2) is 5.63. The van der Waals surface area contributed by atoms with Gasteiger partial charge in [-0.05, 0) is 61.4 Å². The van der Waals surface area contributed by atoms with E-state index in [9.17, 15) is 0 Å². The predicted octanol–water partition coefficient (Wildman–Crippen LogP) is 3.26. The van der Waals surface area contributed by atoms with Crippen LogP contribution in [-0.4, -0.2) is 31.1 Å². The van der Waals surface area contributed by atoms with Crippen molar-refractivity contribution in [2.75, 3.05) is 20.1 Å². The molecule has 1 aromatic heterocycles. The van der Waals surface area contributed by atoms with Crippen LogP contribution in [0.25, 0.3) is 0 Å². The second-order valence-corrected chi connectivity index (χ2v) is 6.90. The fourth-order valence-corrected chi connectivity index (χ4v) is 4.04. The highest BCUT2D eigenvalue weighted by molar-refractivity contribution is 9.11. The lowest BCUT2D eigenvalue weighted by atomic mass is 10.2. The first-order valence-corrected chi connectivity index (χ1v) is 7.49. The first kappa shape index (κ1) is 12.6. The minimum Gasteiger partial charge on any atom is -0.318 e. The molecule has 2 nitrogen and oxygen atoms in total. The van der Waals surface area contributed by atoms with Crippen molar-refractivity contribution >= 4 is 27.3 Å². The molecule has 0 saturated carbocycles. The molecule has 16 heavy (non-hydrogen) atoms. The first-order valence-electron chi connectivity index (χ1n) is 5.88. The maximum absolute atomic E-state index is 3.54. The summed E-state index contributed by atoms with van der Waals surface area (Å²) in [5.41, 5.74) is 0. The van der Waals surface area contributed by atoms with Crippen LogP contribution in [0.2, 0.25) is 0 Å². The lowest BCUT2D eigenvalue weighted by Gasteiger charge is -2.30. The molecule has 1 fully saturated rings. The van der Waals surface area contributed by atoms with Crippen LogP contribution in [0, 0.1) is 0 Å². The lowest BCUT2D eigenvalue weighted by Crippen LogP contribution is -2.38. The van der Waals surface area contributed by atoms with E-state index >= 15 is 0 Å². The van der Waals surface area contributed by atoms with Crippen molar-refractivity contribution in [3.8, 4) is 0 Å². The Kier molecular flexibility index (Phi) is 4.41. The van der Waals surface area contributed by atoms with Crippen LogP contribution in [0.3, 0.4) is 0 Å². The van der Waals surface area contributed by atoms with Gasteiger partial charge in [0.25, 0.3) is 0 Å². The minimum atomic E-state index is 0.553. The van der Waals surface area contributed by atoms with Crippen LogP contribution in [-0.2, 0) is 0 Å². The van der Waals surface area contributed by atoms with Gasteiger partial charge in [-0.1, -0.05) is 0 Å². The second-order valence-electron chi connectivity index (χ2n) is 4.41. The molecule has 0 radical (unpaired) electrons. The summed E-state index contributed by atoms with van der Waals surface area (Å²) in [7, 11) is 2.04. The molecule has 2 heterocycles. The van der Waals surface area contributed by atoms with Gasteiger partial charge in [0.15, 0.2) is 0 Å². The normalized spacial score (nSPS) is 23.8. The average molecular weight is 303 g/mol. The van der Waals surface area contributed by atoms with Gasteiger partial charge < -0.3 is 5.32 Å². The number of likely N-dealkylation sites (tertiary alicyclic amines) is 1. The summed E-state index contributed by atoms with van der Waals surface area (Å²) < 4.78 is 1.23. The topological polar surface area (TPSA) is 15.3 Å². The van der Waals surface area contributed by atoms with Gasteiger partial charge in [0.2, 0.25) is 0 Å². The molecule has 2 atom stereocenters. The van der Waals surface area contributed by atoms with E-state index in [1.807, 2.05) is 18.4 Å². The van der Waals surface area contributed by atoms with E-state index in [1.165, 1.54) is 28.0 Å². The van der Waals surface area contributed by atoms with Gasteiger partial charge in [-0.2, -0.15) is 0 Å². The molecule has 0 bridgehead atoms. The molecule has 0 aromatic carbocycles. The van der Waals surface area contributed by atoms with E-state index in [2.05, 4.69) is 45.2 Å². The Morgan fingerprint density at radius 3 is 3.06 bits per heavy atom. The Morgan fingerprint density at radius 2 is 2.44 bits per heavy atom. The highest BCUT2D eigenvalue weighted by Crippen LogP contribution is 2.34. The summed E-state index contributed by atoms with van der Waals surface area (Å²) in [6, 6.07) is 5.66. The zero-order chi connectivity index (χ0) is 11.5. The summed E-state index contributed by atoms with van der Waals surface area (Å²) in [6.07, 6.45) is 2.67.